The van der Waals surface area contributed by atoms with Gasteiger partial charge in [0, 0.05) is 23.5 Å². The monoisotopic (exact) mass is 241 g/mol. The average molecular weight is 242 g/mol. The molecule has 70 valence electrons. The summed E-state index contributed by atoms with van der Waals surface area (Å²) in [6, 6.07) is 3.75. The number of carbonyl (C=O) groups excluding carboxylic acids is 1. The molecular formula is C10H12BrNO. The molecule has 0 aliphatic carbocycles. The number of hydrogen-bond donors (Lipinski definition) is 0. The number of nitrogens with zero attached hydrogens (tertiary/aromatic N) is 1. The Kier molecular flexibility index (Phi) is 4.09. The summed E-state index contributed by atoms with van der Waals surface area (Å²) in [7, 11) is 0. The predicted octanol–water partition coefficient (Wildman–Crippen LogP) is 2.76. The Bertz CT molecular complexity index is 299. The van der Waals surface area contributed by atoms with Crippen LogP contribution in [0.1, 0.15) is 25.5 Å². The van der Waals surface area contributed by atoms with Crippen LogP contribution in [0.25, 0.3) is 0 Å². The van der Waals surface area contributed by atoms with Gasteiger partial charge in [-0.25, -0.2) is 0 Å². The predicted molar refractivity (Wildman–Crippen MR) is 55.6 cm³/mol. The Morgan fingerprint density at radius 2 is 2.38 bits per heavy atom. The highest BCUT2D eigenvalue weighted by Gasteiger charge is 2.06. The first-order valence-electron chi connectivity index (χ1n) is 4.35. The van der Waals surface area contributed by atoms with E-state index in [1.165, 1.54) is 0 Å². The van der Waals surface area contributed by atoms with Crippen LogP contribution in [0.2, 0.25) is 0 Å². The topological polar surface area (TPSA) is 30.0 Å². The number of rotatable bonds is 4. The van der Waals surface area contributed by atoms with Gasteiger partial charge in [0.25, 0.3) is 0 Å². The molecule has 0 fully saturated rings. The highest BCUT2D eigenvalue weighted by molar-refractivity contribution is 9.10. The second-order valence-corrected chi connectivity index (χ2v) is 3.75. The largest absolute Gasteiger partial charge is 0.299 e. The van der Waals surface area contributed by atoms with E-state index in [2.05, 4.69) is 20.9 Å². The van der Waals surface area contributed by atoms with E-state index >= 15 is 0 Å². The maximum atomic E-state index is 11.3. The van der Waals surface area contributed by atoms with E-state index in [9.17, 15) is 4.79 Å². The summed E-state index contributed by atoms with van der Waals surface area (Å²) in [6.45, 7) is 2.01. The van der Waals surface area contributed by atoms with E-state index in [-0.39, 0.29) is 5.78 Å². The summed E-state index contributed by atoms with van der Waals surface area (Å²) in [5.74, 6) is 0.252. The Balaban J connectivity index is 2.63. The number of halogens is 1. The molecular weight excluding hydrogens is 230 g/mol. The van der Waals surface area contributed by atoms with E-state index in [0.717, 1.165) is 16.6 Å². The Hall–Kier alpha value is -0.700. The van der Waals surface area contributed by atoms with Gasteiger partial charge in [-0.3, -0.25) is 9.78 Å². The van der Waals surface area contributed by atoms with E-state index in [0.29, 0.717) is 12.8 Å². The van der Waals surface area contributed by atoms with Crippen molar-refractivity contribution in [1.82, 2.24) is 4.98 Å². The van der Waals surface area contributed by atoms with Crippen molar-refractivity contribution in [1.29, 1.82) is 0 Å². The van der Waals surface area contributed by atoms with Crippen LogP contribution < -0.4 is 0 Å². The van der Waals surface area contributed by atoms with Crippen molar-refractivity contribution in [2.75, 3.05) is 0 Å². The lowest BCUT2D eigenvalue weighted by Crippen LogP contribution is -2.04. The molecule has 0 bridgehead atoms. The van der Waals surface area contributed by atoms with Crippen LogP contribution in [0.4, 0.5) is 0 Å². The molecule has 3 heteroatoms. The first kappa shape index (κ1) is 10.4. The second-order valence-electron chi connectivity index (χ2n) is 2.90. The van der Waals surface area contributed by atoms with Crippen LogP contribution in [-0.4, -0.2) is 10.8 Å². The first-order valence-corrected chi connectivity index (χ1v) is 5.14. The Morgan fingerprint density at radius 3 is 3.00 bits per heavy atom. The Morgan fingerprint density at radius 1 is 1.62 bits per heavy atom. The molecule has 0 atom stereocenters. The summed E-state index contributed by atoms with van der Waals surface area (Å²) in [5, 5.41) is 0. The molecule has 0 spiro atoms. The van der Waals surface area contributed by atoms with E-state index < -0.39 is 0 Å². The van der Waals surface area contributed by atoms with Gasteiger partial charge >= 0.3 is 0 Å². The van der Waals surface area contributed by atoms with Gasteiger partial charge in [-0.1, -0.05) is 6.92 Å². The maximum Gasteiger partial charge on any atom is 0.138 e. The molecule has 1 aromatic rings. The van der Waals surface area contributed by atoms with E-state index in [1.54, 1.807) is 6.20 Å². The zero-order chi connectivity index (χ0) is 9.68. The van der Waals surface area contributed by atoms with Gasteiger partial charge in [0.15, 0.2) is 0 Å². The van der Waals surface area contributed by atoms with Crippen LogP contribution in [0.15, 0.2) is 22.8 Å². The molecule has 13 heavy (non-hydrogen) atoms. The van der Waals surface area contributed by atoms with Crippen molar-refractivity contribution in [3.63, 3.8) is 0 Å². The molecule has 2 nitrogen and oxygen atoms in total. The number of hydrogen-bond acceptors (Lipinski definition) is 2. The molecule has 0 amide bonds. The van der Waals surface area contributed by atoms with Crippen molar-refractivity contribution in [3.05, 3.63) is 28.5 Å². The SMILES string of the molecule is CCCC(=O)Cc1ncccc1Br. The fourth-order valence-electron chi connectivity index (χ4n) is 1.10. The number of carbonyl (C=O) groups is 1. The molecule has 0 saturated heterocycles. The standard InChI is InChI=1S/C10H12BrNO/c1-2-4-8(13)7-10-9(11)5-3-6-12-10/h3,5-6H,2,4,7H2,1H3. The molecule has 0 N–H and O–H groups in total. The smallest absolute Gasteiger partial charge is 0.138 e. The van der Waals surface area contributed by atoms with Crippen LogP contribution in [0, 0.1) is 0 Å². The van der Waals surface area contributed by atoms with Crippen molar-refractivity contribution < 1.29 is 4.79 Å². The third-order valence-electron chi connectivity index (χ3n) is 1.73. The number of pyridine rings is 1. The van der Waals surface area contributed by atoms with Gasteiger partial charge in [-0.05, 0) is 34.5 Å². The van der Waals surface area contributed by atoms with Crippen LogP contribution >= 0.6 is 15.9 Å². The maximum absolute atomic E-state index is 11.3. The minimum atomic E-state index is 0.252. The lowest BCUT2D eigenvalue weighted by atomic mass is 10.1. The van der Waals surface area contributed by atoms with Gasteiger partial charge in [0.05, 0.1) is 5.69 Å². The minimum absolute atomic E-state index is 0.252. The molecule has 1 aromatic heterocycles. The van der Waals surface area contributed by atoms with Gasteiger partial charge < -0.3 is 0 Å². The van der Waals surface area contributed by atoms with Crippen molar-refractivity contribution in [3.8, 4) is 0 Å². The fourth-order valence-corrected chi connectivity index (χ4v) is 1.50. The lowest BCUT2D eigenvalue weighted by molar-refractivity contribution is -0.118. The first-order chi connectivity index (χ1) is 6.24. The lowest BCUT2D eigenvalue weighted by Gasteiger charge is -2.00. The van der Waals surface area contributed by atoms with E-state index in [1.807, 2.05) is 19.1 Å². The molecule has 0 aliphatic rings. The molecule has 0 unspecified atom stereocenters. The summed E-state index contributed by atoms with van der Waals surface area (Å²) in [4.78, 5) is 15.4. The van der Waals surface area contributed by atoms with Gasteiger partial charge in [-0.15, -0.1) is 0 Å². The summed E-state index contributed by atoms with van der Waals surface area (Å²) in [6.07, 6.45) is 3.70. The molecule has 1 heterocycles. The molecule has 0 saturated carbocycles. The van der Waals surface area contributed by atoms with Crippen molar-refractivity contribution in [2.45, 2.75) is 26.2 Å². The van der Waals surface area contributed by atoms with Gasteiger partial charge in [-0.2, -0.15) is 0 Å². The zero-order valence-corrected chi connectivity index (χ0v) is 9.17. The third kappa shape index (κ3) is 3.27. The van der Waals surface area contributed by atoms with Crippen molar-refractivity contribution >= 4 is 21.7 Å². The summed E-state index contributed by atoms with van der Waals surface area (Å²) < 4.78 is 0.916. The molecule has 0 aliphatic heterocycles. The average Bonchev–Trinajstić information content (AvgIpc) is 2.09. The number of ketones is 1. The van der Waals surface area contributed by atoms with Crippen LogP contribution in [-0.2, 0) is 11.2 Å². The van der Waals surface area contributed by atoms with Gasteiger partial charge in [0.2, 0.25) is 0 Å². The van der Waals surface area contributed by atoms with Gasteiger partial charge in [0.1, 0.15) is 5.78 Å². The summed E-state index contributed by atoms with van der Waals surface area (Å²) in [5.41, 5.74) is 0.834. The van der Waals surface area contributed by atoms with Crippen molar-refractivity contribution in [2.24, 2.45) is 0 Å². The summed E-state index contributed by atoms with van der Waals surface area (Å²) >= 11 is 3.36. The molecule has 1 rings (SSSR count). The second kappa shape index (κ2) is 5.12. The number of aromatic nitrogens is 1. The Labute approximate surface area is 86.5 Å². The van der Waals surface area contributed by atoms with Crippen LogP contribution in [0.5, 0.6) is 0 Å². The third-order valence-corrected chi connectivity index (χ3v) is 2.45. The fraction of sp³-hybridized carbons (Fsp3) is 0.400. The highest BCUT2D eigenvalue weighted by Crippen LogP contribution is 2.14. The normalized spacial score (nSPS) is 10.0. The zero-order valence-electron chi connectivity index (χ0n) is 7.59. The quantitative estimate of drug-likeness (QED) is 0.812. The van der Waals surface area contributed by atoms with Crippen LogP contribution in [0.3, 0.4) is 0 Å². The minimum Gasteiger partial charge on any atom is -0.299 e. The number of Topliss-reactive ketones (excluding diaryl/α,β-unsaturated/α-hetero) is 1. The highest BCUT2D eigenvalue weighted by atomic mass is 79.9. The van der Waals surface area contributed by atoms with E-state index in [4.69, 9.17) is 0 Å². The molecule has 0 radical (unpaired) electrons. The molecule has 0 aromatic carbocycles.